The molecule has 0 aromatic carbocycles. The Balaban J connectivity index is 0. The number of hydrogen-bond acceptors (Lipinski definition) is 6. The Hall–Kier alpha value is -0.460. The first-order valence-electron chi connectivity index (χ1n) is 4.65. The topological polar surface area (TPSA) is 124 Å². The predicted molar refractivity (Wildman–Crippen MR) is 57.4 cm³/mol. The summed E-state index contributed by atoms with van der Waals surface area (Å²) in [5.41, 5.74) is 0. The van der Waals surface area contributed by atoms with E-state index in [2.05, 4.69) is 4.74 Å². The molecule has 8 heteroatoms. The molecule has 0 aliphatic rings. The van der Waals surface area contributed by atoms with E-state index in [4.69, 9.17) is 20.2 Å². The smallest absolute Gasteiger partial charge is 0.306 e. The van der Waals surface area contributed by atoms with Crippen molar-refractivity contribution >= 4 is 13.3 Å². The van der Waals surface area contributed by atoms with Gasteiger partial charge >= 0.3 is 5.97 Å². The van der Waals surface area contributed by atoms with Gasteiger partial charge in [-0.25, -0.2) is 0 Å². The van der Waals surface area contributed by atoms with Crippen LogP contribution in [0.25, 0.3) is 0 Å². The lowest BCUT2D eigenvalue weighted by atomic mass is 10.5. The molecule has 16 heavy (non-hydrogen) atoms. The van der Waals surface area contributed by atoms with Gasteiger partial charge in [0.05, 0.1) is 26.2 Å². The second-order valence-corrected chi connectivity index (χ2v) is 5.47. The summed E-state index contributed by atoms with van der Waals surface area (Å²) in [4.78, 5) is 19.5. The van der Waals surface area contributed by atoms with Crippen molar-refractivity contribution in [1.82, 2.24) is 0 Å². The maximum absolute atomic E-state index is 10.7. The van der Waals surface area contributed by atoms with E-state index in [0.717, 1.165) is 0 Å². The van der Waals surface area contributed by atoms with Gasteiger partial charge < -0.3 is 24.9 Å². The molecule has 0 fully saturated rings. The van der Waals surface area contributed by atoms with Crippen LogP contribution in [0.4, 0.5) is 0 Å². The summed E-state index contributed by atoms with van der Waals surface area (Å²) in [6, 6.07) is 0. The van der Waals surface area contributed by atoms with E-state index in [9.17, 15) is 9.36 Å². The Bertz CT molecular complexity index is 210. The van der Waals surface area contributed by atoms with Crippen molar-refractivity contribution in [3.05, 3.63) is 0 Å². The maximum atomic E-state index is 10.7. The van der Waals surface area contributed by atoms with E-state index < -0.39 is 13.3 Å². The van der Waals surface area contributed by atoms with Gasteiger partial charge in [-0.3, -0.25) is 9.36 Å². The molecule has 1 atom stereocenters. The SMILES string of the molecule is CP(=O)(O)CCC(=O)OCCO.OCCO. The highest BCUT2D eigenvalue weighted by Gasteiger charge is 2.13. The number of aliphatic hydroxyl groups excluding tert-OH is 3. The minimum absolute atomic E-state index is 0.0573. The first kappa shape index (κ1) is 17.9. The van der Waals surface area contributed by atoms with Crippen molar-refractivity contribution in [2.75, 3.05) is 39.3 Å². The normalized spacial score (nSPS) is 13.3. The summed E-state index contributed by atoms with van der Waals surface area (Å²) < 4.78 is 15.2. The van der Waals surface area contributed by atoms with Gasteiger partial charge in [0.15, 0.2) is 7.37 Å². The monoisotopic (exact) mass is 258 g/mol. The van der Waals surface area contributed by atoms with Crippen molar-refractivity contribution in [2.45, 2.75) is 6.42 Å². The lowest BCUT2D eigenvalue weighted by molar-refractivity contribution is -0.144. The average Bonchev–Trinajstić information content (AvgIpc) is 2.23. The molecular weight excluding hydrogens is 239 g/mol. The van der Waals surface area contributed by atoms with Gasteiger partial charge in [0.1, 0.15) is 6.61 Å². The zero-order valence-electron chi connectivity index (χ0n) is 9.20. The summed E-state index contributed by atoms with van der Waals surface area (Å²) in [6.07, 6.45) is -0.151. The third-order valence-electron chi connectivity index (χ3n) is 1.19. The van der Waals surface area contributed by atoms with E-state index in [0.29, 0.717) is 0 Å². The molecule has 0 radical (unpaired) electrons. The van der Waals surface area contributed by atoms with Crippen LogP contribution in [0, 0.1) is 0 Å². The molecule has 4 N–H and O–H groups in total. The largest absolute Gasteiger partial charge is 0.463 e. The molecule has 1 unspecified atom stereocenters. The summed E-state index contributed by atoms with van der Waals surface area (Å²) >= 11 is 0. The van der Waals surface area contributed by atoms with Crippen molar-refractivity contribution in [2.24, 2.45) is 0 Å². The third-order valence-corrected chi connectivity index (χ3v) is 2.24. The minimum Gasteiger partial charge on any atom is -0.463 e. The summed E-state index contributed by atoms with van der Waals surface area (Å²) in [5, 5.41) is 23.5. The van der Waals surface area contributed by atoms with Crippen LogP contribution in [-0.4, -0.2) is 65.4 Å². The van der Waals surface area contributed by atoms with Crippen LogP contribution in [0.2, 0.25) is 0 Å². The second kappa shape index (κ2) is 11.0. The van der Waals surface area contributed by atoms with Gasteiger partial charge in [0, 0.05) is 12.8 Å². The quantitative estimate of drug-likeness (QED) is 0.348. The molecule has 98 valence electrons. The van der Waals surface area contributed by atoms with E-state index in [1.54, 1.807) is 0 Å². The van der Waals surface area contributed by atoms with Crippen LogP contribution >= 0.6 is 7.37 Å². The Morgan fingerprint density at radius 3 is 2.00 bits per heavy atom. The molecule has 0 aromatic heterocycles. The standard InChI is InChI=1S/C6H13O5P.C2H6O2/c1-12(9,10)5-2-6(8)11-4-3-7;3-1-2-4/h7H,2-5H2,1H3,(H,9,10);3-4H,1-2H2. The summed E-state index contributed by atoms with van der Waals surface area (Å²) in [5.74, 6) is -0.555. The van der Waals surface area contributed by atoms with Gasteiger partial charge in [-0.15, -0.1) is 0 Å². The second-order valence-electron chi connectivity index (χ2n) is 2.92. The Kier molecular flexibility index (Phi) is 12.4. The number of ether oxygens (including phenoxy) is 1. The van der Waals surface area contributed by atoms with Gasteiger partial charge in [0.2, 0.25) is 0 Å². The average molecular weight is 258 g/mol. The highest BCUT2D eigenvalue weighted by molar-refractivity contribution is 7.57. The van der Waals surface area contributed by atoms with Crippen LogP contribution in [0.3, 0.4) is 0 Å². The number of carbonyl (C=O) groups is 1. The number of carbonyl (C=O) groups excluding carboxylic acids is 1. The highest BCUT2D eigenvalue weighted by Crippen LogP contribution is 2.35. The molecule has 0 aromatic rings. The highest BCUT2D eigenvalue weighted by atomic mass is 31.2. The number of aliphatic hydroxyl groups is 3. The molecular formula is C8H19O7P. The number of hydrogen-bond donors (Lipinski definition) is 4. The fourth-order valence-electron chi connectivity index (χ4n) is 0.530. The predicted octanol–water partition coefficient (Wildman–Crippen LogP) is -1.22. The Morgan fingerprint density at radius 1 is 1.19 bits per heavy atom. The fourth-order valence-corrected chi connectivity index (χ4v) is 1.13. The van der Waals surface area contributed by atoms with Crippen LogP contribution in [0.5, 0.6) is 0 Å². The molecule has 0 aliphatic heterocycles. The van der Waals surface area contributed by atoms with Crippen LogP contribution in [0.15, 0.2) is 0 Å². The fraction of sp³-hybridized carbons (Fsp3) is 0.875. The first-order valence-corrected chi connectivity index (χ1v) is 6.94. The molecule has 0 aliphatic carbocycles. The molecule has 0 saturated heterocycles. The van der Waals surface area contributed by atoms with Crippen LogP contribution in [-0.2, 0) is 14.1 Å². The molecule has 0 bridgehead atoms. The molecule has 0 heterocycles. The Labute approximate surface area is 94.1 Å². The third kappa shape index (κ3) is 19.2. The molecule has 7 nitrogen and oxygen atoms in total. The first-order chi connectivity index (χ1) is 7.37. The van der Waals surface area contributed by atoms with Gasteiger partial charge in [-0.05, 0) is 0 Å². The Morgan fingerprint density at radius 2 is 1.69 bits per heavy atom. The summed E-state index contributed by atoms with van der Waals surface area (Å²) in [7, 11) is -3.12. The molecule has 0 saturated carbocycles. The van der Waals surface area contributed by atoms with Gasteiger partial charge in [-0.1, -0.05) is 0 Å². The lowest BCUT2D eigenvalue weighted by Crippen LogP contribution is -2.09. The van der Waals surface area contributed by atoms with Crippen LogP contribution in [0.1, 0.15) is 6.42 Å². The van der Waals surface area contributed by atoms with Crippen molar-refractivity contribution in [1.29, 1.82) is 0 Å². The van der Waals surface area contributed by atoms with E-state index in [1.165, 1.54) is 6.66 Å². The van der Waals surface area contributed by atoms with Gasteiger partial charge in [0.25, 0.3) is 0 Å². The van der Waals surface area contributed by atoms with Crippen LogP contribution < -0.4 is 0 Å². The number of esters is 1. The maximum Gasteiger partial charge on any atom is 0.306 e. The van der Waals surface area contributed by atoms with E-state index >= 15 is 0 Å². The summed E-state index contributed by atoms with van der Waals surface area (Å²) in [6.45, 7) is 0.652. The molecule has 0 rings (SSSR count). The lowest BCUT2D eigenvalue weighted by Gasteiger charge is -2.04. The van der Waals surface area contributed by atoms with Crippen molar-refractivity contribution in [3.63, 3.8) is 0 Å². The molecule has 0 amide bonds. The molecule has 0 spiro atoms. The van der Waals surface area contributed by atoms with E-state index in [1.807, 2.05) is 0 Å². The zero-order valence-corrected chi connectivity index (χ0v) is 10.1. The number of rotatable bonds is 6. The minimum atomic E-state index is -3.12. The zero-order chi connectivity index (χ0) is 13.0. The van der Waals surface area contributed by atoms with Crippen molar-refractivity contribution < 1.29 is 34.3 Å². The van der Waals surface area contributed by atoms with E-state index in [-0.39, 0.29) is 39.0 Å². The van der Waals surface area contributed by atoms with Crippen molar-refractivity contribution in [3.8, 4) is 0 Å². The van der Waals surface area contributed by atoms with Gasteiger partial charge in [-0.2, -0.15) is 0 Å².